The van der Waals surface area contributed by atoms with Crippen LogP contribution < -0.4 is 11.1 Å². The number of nitrogens with one attached hydrogen (secondary N) is 1. The number of rotatable bonds is 6. The van der Waals surface area contributed by atoms with Gasteiger partial charge in [0.1, 0.15) is 0 Å². The maximum atomic E-state index is 11.9. The lowest BCUT2D eigenvalue weighted by atomic mass is 10.3. The number of amides is 2. The number of nitro benzene ring substituents is 1. The Hall–Kier alpha value is -2.94. The van der Waals surface area contributed by atoms with Crippen molar-refractivity contribution < 1.29 is 14.5 Å². The number of benzene rings is 1. The highest BCUT2D eigenvalue weighted by Gasteiger charge is 2.12. The number of carbonyl (C=O) groups excluding carboxylic acids is 2. The van der Waals surface area contributed by atoms with E-state index in [-0.39, 0.29) is 28.7 Å². The van der Waals surface area contributed by atoms with Crippen LogP contribution >= 0.6 is 11.8 Å². The first kappa shape index (κ1) is 16.4. The van der Waals surface area contributed by atoms with Crippen LogP contribution in [0.3, 0.4) is 0 Å². The fraction of sp³-hybridized carbons (Fsp3) is 0.0714. The number of nitro groups is 1. The quantitative estimate of drug-likeness (QED) is 0.471. The Bertz CT molecular complexity index is 749. The number of hydrogen-bond donors (Lipinski definition) is 2. The van der Waals surface area contributed by atoms with Gasteiger partial charge in [0.25, 0.3) is 11.6 Å². The predicted octanol–water partition coefficient (Wildman–Crippen LogP) is 1.82. The largest absolute Gasteiger partial charge is 0.364 e. The Morgan fingerprint density at radius 2 is 1.96 bits per heavy atom. The van der Waals surface area contributed by atoms with Crippen molar-refractivity contribution in [3.8, 4) is 0 Å². The molecule has 2 amide bonds. The molecule has 0 radical (unpaired) electrons. The molecule has 1 aromatic carbocycles. The van der Waals surface area contributed by atoms with E-state index in [1.54, 1.807) is 18.2 Å². The first-order chi connectivity index (χ1) is 11.0. The van der Waals surface area contributed by atoms with Crippen LogP contribution in [0, 0.1) is 10.1 Å². The van der Waals surface area contributed by atoms with Crippen molar-refractivity contribution in [2.45, 2.75) is 4.90 Å². The highest BCUT2D eigenvalue weighted by Crippen LogP contribution is 2.21. The maximum absolute atomic E-state index is 11.9. The number of primary amides is 1. The summed E-state index contributed by atoms with van der Waals surface area (Å²) in [6.07, 6.45) is 1.40. The molecule has 0 saturated heterocycles. The second-order valence-electron chi connectivity index (χ2n) is 4.35. The summed E-state index contributed by atoms with van der Waals surface area (Å²) in [5, 5.41) is 13.1. The van der Waals surface area contributed by atoms with Crippen LogP contribution in [0.4, 0.5) is 11.4 Å². The minimum absolute atomic E-state index is 0.0128. The Balaban J connectivity index is 1.95. The summed E-state index contributed by atoms with van der Waals surface area (Å²) in [4.78, 5) is 37.7. The van der Waals surface area contributed by atoms with Gasteiger partial charge in [-0.2, -0.15) is 0 Å². The zero-order valence-electron chi connectivity index (χ0n) is 11.8. The molecule has 0 saturated carbocycles. The van der Waals surface area contributed by atoms with E-state index in [1.807, 2.05) is 0 Å². The van der Waals surface area contributed by atoms with Crippen molar-refractivity contribution in [1.82, 2.24) is 4.98 Å². The third kappa shape index (κ3) is 4.51. The van der Waals surface area contributed by atoms with Crippen molar-refractivity contribution in [2.75, 3.05) is 11.1 Å². The van der Waals surface area contributed by atoms with Crippen molar-refractivity contribution in [2.24, 2.45) is 5.73 Å². The standard InChI is InChI=1S/C14H12N4O4S/c15-14(20)13-11(2-1-7-16-13)17-12(19)8-23-10-5-3-9(4-6-10)18(21)22/h1-7H,8H2,(H2,15,20)(H,17,19). The normalized spacial score (nSPS) is 10.1. The maximum Gasteiger partial charge on any atom is 0.269 e. The molecule has 0 aliphatic carbocycles. The Morgan fingerprint density at radius 1 is 1.26 bits per heavy atom. The molecule has 23 heavy (non-hydrogen) atoms. The number of nitrogens with two attached hydrogens (primary N) is 1. The molecule has 8 nitrogen and oxygen atoms in total. The monoisotopic (exact) mass is 332 g/mol. The fourth-order valence-corrected chi connectivity index (χ4v) is 2.40. The molecule has 2 aromatic rings. The van der Waals surface area contributed by atoms with Gasteiger partial charge in [0.2, 0.25) is 5.91 Å². The molecule has 118 valence electrons. The molecule has 0 atom stereocenters. The molecule has 2 rings (SSSR count). The minimum atomic E-state index is -0.732. The van der Waals surface area contributed by atoms with Gasteiger partial charge in [-0.15, -0.1) is 11.8 Å². The second-order valence-corrected chi connectivity index (χ2v) is 5.40. The van der Waals surface area contributed by atoms with Crippen LogP contribution in [0.5, 0.6) is 0 Å². The summed E-state index contributed by atoms with van der Waals surface area (Å²) in [6, 6.07) is 8.97. The molecule has 0 aliphatic heterocycles. The van der Waals surface area contributed by atoms with Gasteiger partial charge in [-0.05, 0) is 24.3 Å². The first-order valence-electron chi connectivity index (χ1n) is 6.39. The van der Waals surface area contributed by atoms with E-state index in [9.17, 15) is 19.7 Å². The zero-order chi connectivity index (χ0) is 16.8. The van der Waals surface area contributed by atoms with Crippen molar-refractivity contribution in [3.63, 3.8) is 0 Å². The molecule has 1 heterocycles. The van der Waals surface area contributed by atoms with Gasteiger partial charge in [0.05, 0.1) is 16.4 Å². The number of anilines is 1. The Labute approximate surface area is 135 Å². The van der Waals surface area contributed by atoms with Crippen molar-refractivity contribution in [1.29, 1.82) is 0 Å². The summed E-state index contributed by atoms with van der Waals surface area (Å²) in [5.41, 5.74) is 5.40. The van der Waals surface area contributed by atoms with E-state index >= 15 is 0 Å². The fourth-order valence-electron chi connectivity index (χ4n) is 1.70. The molecule has 0 bridgehead atoms. The van der Waals surface area contributed by atoms with Gasteiger partial charge in [-0.1, -0.05) is 0 Å². The molecule has 0 spiro atoms. The van der Waals surface area contributed by atoms with Crippen molar-refractivity contribution in [3.05, 3.63) is 58.4 Å². The van der Waals surface area contributed by atoms with E-state index in [4.69, 9.17) is 5.73 Å². The second kappa shape index (κ2) is 7.36. The zero-order valence-corrected chi connectivity index (χ0v) is 12.6. The average Bonchev–Trinajstić information content (AvgIpc) is 2.53. The van der Waals surface area contributed by atoms with Gasteiger partial charge >= 0.3 is 0 Å². The topological polar surface area (TPSA) is 128 Å². The molecule has 9 heteroatoms. The molecule has 1 aromatic heterocycles. The highest BCUT2D eigenvalue weighted by molar-refractivity contribution is 8.00. The summed E-state index contributed by atoms with van der Waals surface area (Å²) < 4.78 is 0. The summed E-state index contributed by atoms with van der Waals surface area (Å²) >= 11 is 1.21. The summed E-state index contributed by atoms with van der Waals surface area (Å²) in [5.74, 6) is -1.00. The number of nitrogens with zero attached hydrogens (tertiary/aromatic N) is 2. The molecule has 0 fully saturated rings. The number of thioether (sulfide) groups is 1. The van der Waals surface area contributed by atoms with Gasteiger partial charge in [0, 0.05) is 23.2 Å². The Kier molecular flexibility index (Phi) is 5.26. The van der Waals surface area contributed by atoms with Crippen LogP contribution in [0.25, 0.3) is 0 Å². The highest BCUT2D eigenvalue weighted by atomic mass is 32.2. The third-order valence-electron chi connectivity index (χ3n) is 2.73. The van der Waals surface area contributed by atoms with Crippen LogP contribution in [-0.4, -0.2) is 27.5 Å². The van der Waals surface area contributed by atoms with Gasteiger partial charge in [0.15, 0.2) is 5.69 Å². The summed E-state index contributed by atoms with van der Waals surface area (Å²) in [7, 11) is 0. The third-order valence-corrected chi connectivity index (χ3v) is 3.74. The van der Waals surface area contributed by atoms with Gasteiger partial charge < -0.3 is 11.1 Å². The molecule has 3 N–H and O–H groups in total. The molecule has 0 unspecified atom stereocenters. The van der Waals surface area contributed by atoms with Crippen LogP contribution in [0.15, 0.2) is 47.5 Å². The minimum Gasteiger partial charge on any atom is -0.364 e. The van der Waals surface area contributed by atoms with Crippen LogP contribution in [0.1, 0.15) is 10.5 Å². The van der Waals surface area contributed by atoms with Crippen molar-refractivity contribution >= 4 is 35.0 Å². The Morgan fingerprint density at radius 3 is 2.57 bits per heavy atom. The summed E-state index contributed by atoms with van der Waals surface area (Å²) in [6.45, 7) is 0. The van der Waals surface area contributed by atoms with Gasteiger partial charge in [-0.25, -0.2) is 4.98 Å². The molecular formula is C14H12N4O4S. The number of carbonyl (C=O) groups is 2. The van der Waals surface area contributed by atoms with E-state index in [0.29, 0.717) is 4.90 Å². The number of non-ortho nitro benzene ring substituents is 1. The number of aromatic nitrogens is 1. The number of hydrogen-bond acceptors (Lipinski definition) is 6. The SMILES string of the molecule is NC(=O)c1ncccc1NC(=O)CSc1ccc([N+](=O)[O-])cc1. The molecule has 0 aliphatic rings. The number of pyridine rings is 1. The first-order valence-corrected chi connectivity index (χ1v) is 7.38. The van der Waals surface area contributed by atoms with E-state index < -0.39 is 10.8 Å². The average molecular weight is 332 g/mol. The van der Waals surface area contributed by atoms with E-state index in [0.717, 1.165) is 0 Å². The van der Waals surface area contributed by atoms with Crippen LogP contribution in [-0.2, 0) is 4.79 Å². The lowest BCUT2D eigenvalue weighted by Crippen LogP contribution is -2.20. The lowest BCUT2D eigenvalue weighted by Gasteiger charge is -2.07. The predicted molar refractivity (Wildman–Crippen MR) is 85.2 cm³/mol. The lowest BCUT2D eigenvalue weighted by molar-refractivity contribution is -0.384. The molecular weight excluding hydrogens is 320 g/mol. The van der Waals surface area contributed by atoms with E-state index in [2.05, 4.69) is 10.3 Å². The van der Waals surface area contributed by atoms with Crippen LogP contribution in [0.2, 0.25) is 0 Å². The smallest absolute Gasteiger partial charge is 0.269 e. The van der Waals surface area contributed by atoms with E-state index in [1.165, 1.54) is 36.2 Å². The van der Waals surface area contributed by atoms with Gasteiger partial charge in [-0.3, -0.25) is 19.7 Å².